The molecule has 7 rings (SSSR count). The maximum Gasteiger partial charge on any atom is 0.265 e. The summed E-state index contributed by atoms with van der Waals surface area (Å²) in [5.41, 5.74) is 7.25. The number of para-hydroxylation sites is 2. The highest BCUT2D eigenvalue weighted by Gasteiger charge is 2.45. The lowest BCUT2D eigenvalue weighted by molar-refractivity contribution is -0.122. The lowest BCUT2D eigenvalue weighted by Gasteiger charge is -2.34. The Morgan fingerprint density at radius 2 is 0.863 bits per heavy atom. The van der Waals surface area contributed by atoms with Gasteiger partial charge in [0, 0.05) is 11.4 Å². The lowest BCUT2D eigenvalue weighted by Crippen LogP contribution is -2.31. The quantitative estimate of drug-likeness (QED) is 0.148. The first-order valence-corrected chi connectivity index (χ1v) is 17.4. The number of carbonyl (C=O) groups is 2. The van der Waals surface area contributed by atoms with E-state index in [1.807, 2.05) is 48.5 Å². The summed E-state index contributed by atoms with van der Waals surface area (Å²) in [4.78, 5) is 26.2. The van der Waals surface area contributed by atoms with Crippen LogP contribution in [0.3, 0.4) is 0 Å². The third-order valence-corrected chi connectivity index (χ3v) is 9.77. The normalized spacial score (nSPS) is 13.6. The minimum Gasteiger partial charge on any atom is -0.479 e. The Morgan fingerprint density at radius 1 is 0.510 bits per heavy atom. The summed E-state index contributed by atoms with van der Waals surface area (Å²) < 4.78 is 11.7. The van der Waals surface area contributed by atoms with Crippen molar-refractivity contribution in [1.82, 2.24) is 0 Å². The third-order valence-electron chi connectivity index (χ3n) is 9.14. The summed E-state index contributed by atoms with van der Waals surface area (Å²) in [6.45, 7) is 3.38. The zero-order chi connectivity index (χ0) is 35.5. The van der Waals surface area contributed by atoms with Crippen LogP contribution in [0.4, 0.5) is 11.4 Å². The second-order valence-corrected chi connectivity index (χ2v) is 13.2. The average molecular weight is 714 g/mol. The van der Waals surface area contributed by atoms with Gasteiger partial charge in [0.15, 0.2) is 12.2 Å². The van der Waals surface area contributed by atoms with Crippen LogP contribution in [-0.4, -0.2) is 24.0 Å². The van der Waals surface area contributed by atoms with E-state index in [4.69, 9.17) is 32.7 Å². The van der Waals surface area contributed by atoms with Crippen LogP contribution in [0.15, 0.2) is 146 Å². The molecule has 0 heterocycles. The molecule has 254 valence electrons. The van der Waals surface area contributed by atoms with E-state index in [2.05, 4.69) is 83.4 Å². The van der Waals surface area contributed by atoms with E-state index < -0.39 is 17.6 Å². The van der Waals surface area contributed by atoms with Crippen molar-refractivity contribution < 1.29 is 19.1 Å². The molecule has 2 atom stereocenters. The fourth-order valence-corrected chi connectivity index (χ4v) is 7.05. The molecular weight excluding hydrogens is 679 g/mol. The van der Waals surface area contributed by atoms with Gasteiger partial charge in [0.25, 0.3) is 11.8 Å². The summed E-state index contributed by atoms with van der Waals surface area (Å²) in [6, 6.07) is 46.9. The maximum atomic E-state index is 13.1. The van der Waals surface area contributed by atoms with Gasteiger partial charge in [0.05, 0.1) is 15.5 Å². The SMILES string of the molecule is C[C@@H](Oc1ccccc1Cl)C(=O)Nc1ccc(C2(c3ccc(NC(=O)[C@@H](C)Oc4ccccc4Cl)cc3)c3ccccc3-c3ccccc32)cc1. The standard InChI is InChI=1S/C43H34Cl2N2O4/c1-27(50-39-17-9-7-15-37(39)44)41(48)46-31-23-19-29(20-24-31)43(35-13-5-3-11-33(35)34-12-4-6-14-36(34)43)30-21-25-32(26-22-30)47-42(49)28(2)51-40-18-10-8-16-38(40)45/h3-28H,1-2H3,(H,46,48)(H,47,49)/t27-,28-/m1/s1. The molecule has 0 aromatic heterocycles. The van der Waals surface area contributed by atoms with Gasteiger partial charge in [-0.1, -0.05) is 120 Å². The van der Waals surface area contributed by atoms with Crippen molar-refractivity contribution in [2.45, 2.75) is 31.5 Å². The van der Waals surface area contributed by atoms with E-state index in [0.29, 0.717) is 32.9 Å². The number of rotatable bonds is 10. The third kappa shape index (κ3) is 6.56. The van der Waals surface area contributed by atoms with Gasteiger partial charge in [0.2, 0.25) is 0 Å². The van der Waals surface area contributed by atoms with E-state index in [-0.39, 0.29) is 11.8 Å². The van der Waals surface area contributed by atoms with Gasteiger partial charge in [-0.05, 0) is 95.8 Å². The number of amides is 2. The van der Waals surface area contributed by atoms with Crippen LogP contribution in [0.5, 0.6) is 11.5 Å². The maximum absolute atomic E-state index is 13.1. The summed E-state index contributed by atoms with van der Waals surface area (Å²) >= 11 is 12.5. The molecule has 0 radical (unpaired) electrons. The van der Waals surface area contributed by atoms with Crippen molar-refractivity contribution in [2.75, 3.05) is 10.6 Å². The Bertz CT molecular complexity index is 2060. The van der Waals surface area contributed by atoms with Crippen molar-refractivity contribution in [3.63, 3.8) is 0 Å². The Morgan fingerprint density at radius 3 is 1.25 bits per heavy atom. The number of ether oxygens (including phenoxy) is 2. The fraction of sp³-hybridized carbons (Fsp3) is 0.116. The Hall–Kier alpha value is -5.56. The van der Waals surface area contributed by atoms with Crippen molar-refractivity contribution >= 4 is 46.4 Å². The molecule has 1 aliphatic carbocycles. The highest BCUT2D eigenvalue weighted by Crippen LogP contribution is 2.56. The second-order valence-electron chi connectivity index (χ2n) is 12.4. The van der Waals surface area contributed by atoms with Crippen molar-refractivity contribution in [2.24, 2.45) is 0 Å². The molecule has 6 aromatic rings. The molecule has 6 aromatic carbocycles. The van der Waals surface area contributed by atoms with Crippen LogP contribution in [-0.2, 0) is 15.0 Å². The van der Waals surface area contributed by atoms with Gasteiger partial charge in [0.1, 0.15) is 11.5 Å². The molecule has 6 nitrogen and oxygen atoms in total. The molecule has 0 fully saturated rings. The lowest BCUT2D eigenvalue weighted by atomic mass is 9.67. The van der Waals surface area contributed by atoms with Gasteiger partial charge < -0.3 is 20.1 Å². The van der Waals surface area contributed by atoms with E-state index in [1.54, 1.807) is 38.1 Å². The molecule has 0 saturated heterocycles. The van der Waals surface area contributed by atoms with Gasteiger partial charge in [-0.25, -0.2) is 0 Å². The summed E-state index contributed by atoms with van der Waals surface area (Å²) in [5, 5.41) is 6.84. The summed E-state index contributed by atoms with van der Waals surface area (Å²) in [7, 11) is 0. The molecule has 2 amide bonds. The number of anilines is 2. The molecule has 2 N–H and O–H groups in total. The predicted molar refractivity (Wildman–Crippen MR) is 204 cm³/mol. The molecule has 0 bridgehead atoms. The molecule has 0 aliphatic heterocycles. The van der Waals surface area contributed by atoms with E-state index in [1.165, 1.54) is 0 Å². The Labute approximate surface area is 307 Å². The first-order chi connectivity index (χ1) is 24.8. The van der Waals surface area contributed by atoms with Crippen LogP contribution < -0.4 is 20.1 Å². The van der Waals surface area contributed by atoms with Gasteiger partial charge >= 0.3 is 0 Å². The Balaban J connectivity index is 1.19. The van der Waals surface area contributed by atoms with Gasteiger partial charge in [-0.15, -0.1) is 0 Å². The zero-order valence-electron chi connectivity index (χ0n) is 27.9. The van der Waals surface area contributed by atoms with Crippen LogP contribution in [0.1, 0.15) is 36.1 Å². The topological polar surface area (TPSA) is 76.7 Å². The number of benzene rings is 6. The molecule has 8 heteroatoms. The second kappa shape index (κ2) is 14.4. The minimum absolute atomic E-state index is 0.293. The van der Waals surface area contributed by atoms with E-state index in [0.717, 1.165) is 33.4 Å². The van der Waals surface area contributed by atoms with Crippen LogP contribution in [0.25, 0.3) is 11.1 Å². The van der Waals surface area contributed by atoms with Crippen LogP contribution in [0.2, 0.25) is 10.0 Å². The highest BCUT2D eigenvalue weighted by atomic mass is 35.5. The van der Waals surface area contributed by atoms with Crippen molar-refractivity contribution in [1.29, 1.82) is 0 Å². The van der Waals surface area contributed by atoms with Crippen molar-refractivity contribution in [3.8, 4) is 22.6 Å². The van der Waals surface area contributed by atoms with Crippen LogP contribution in [0, 0.1) is 0 Å². The average Bonchev–Trinajstić information content (AvgIpc) is 3.45. The van der Waals surface area contributed by atoms with Crippen LogP contribution >= 0.6 is 23.2 Å². The molecular formula is C43H34Cl2N2O4. The minimum atomic E-state index is -0.769. The molecule has 1 aliphatic rings. The number of fused-ring (bicyclic) bond motifs is 3. The number of hydrogen-bond donors (Lipinski definition) is 2. The Kier molecular flexibility index (Phi) is 9.54. The number of carbonyl (C=O) groups excluding carboxylic acids is 2. The molecule has 0 spiro atoms. The van der Waals surface area contributed by atoms with E-state index in [9.17, 15) is 9.59 Å². The zero-order valence-corrected chi connectivity index (χ0v) is 29.4. The van der Waals surface area contributed by atoms with E-state index >= 15 is 0 Å². The number of nitrogens with one attached hydrogen (secondary N) is 2. The number of halogens is 2. The fourth-order valence-electron chi connectivity index (χ4n) is 6.69. The molecule has 51 heavy (non-hydrogen) atoms. The molecule has 0 unspecified atom stereocenters. The highest BCUT2D eigenvalue weighted by molar-refractivity contribution is 6.32. The molecule has 0 saturated carbocycles. The summed E-state index contributed by atoms with van der Waals surface area (Å²) in [6.07, 6.45) is -1.54. The van der Waals surface area contributed by atoms with Gasteiger partial charge in [-0.2, -0.15) is 0 Å². The summed E-state index contributed by atoms with van der Waals surface area (Å²) in [5.74, 6) is 0.308. The van der Waals surface area contributed by atoms with Gasteiger partial charge in [-0.3, -0.25) is 9.59 Å². The monoisotopic (exact) mass is 712 g/mol. The smallest absolute Gasteiger partial charge is 0.265 e. The first-order valence-electron chi connectivity index (χ1n) is 16.6. The number of hydrogen-bond acceptors (Lipinski definition) is 4. The first kappa shape index (κ1) is 33.9. The predicted octanol–water partition coefficient (Wildman–Crippen LogP) is 10.2. The van der Waals surface area contributed by atoms with Crippen molar-refractivity contribution in [3.05, 3.63) is 178 Å². The largest absolute Gasteiger partial charge is 0.479 e.